The maximum atomic E-state index is 13.4. The van der Waals surface area contributed by atoms with Gasteiger partial charge in [-0.3, -0.25) is 4.79 Å². The highest BCUT2D eigenvalue weighted by Crippen LogP contribution is 2.33. The maximum absolute atomic E-state index is 13.4. The van der Waals surface area contributed by atoms with Crippen LogP contribution in [0.1, 0.15) is 309 Å². The van der Waals surface area contributed by atoms with Crippen molar-refractivity contribution in [2.75, 3.05) is 26.4 Å². The van der Waals surface area contributed by atoms with Gasteiger partial charge in [0.2, 0.25) is 5.91 Å². The van der Waals surface area contributed by atoms with Crippen molar-refractivity contribution in [1.82, 2.24) is 5.32 Å². The Labute approximate surface area is 550 Å². The highest BCUT2D eigenvalue weighted by molar-refractivity contribution is 5.76. The summed E-state index contributed by atoms with van der Waals surface area (Å²) in [6, 6.07) is -0.968. The van der Waals surface area contributed by atoms with Crippen molar-refractivity contribution in [3.8, 4) is 0 Å². The minimum Gasteiger partial charge on any atom is -0.394 e. The molecule has 0 saturated carbocycles. The van der Waals surface area contributed by atoms with E-state index in [1.54, 1.807) is 6.08 Å². The minimum atomic E-state index is -1.98. The molecule has 0 bridgehead atoms. The van der Waals surface area contributed by atoms with Crippen LogP contribution in [0.5, 0.6) is 0 Å². The average Bonchev–Trinajstić information content (AvgIpc) is 0.864. The van der Waals surface area contributed by atoms with E-state index in [-0.39, 0.29) is 18.9 Å². The fraction of sp³-hybridized carbons (Fsp3) is 0.958. The first-order valence-corrected chi connectivity index (χ1v) is 37.4. The highest BCUT2D eigenvalue weighted by Gasteiger charge is 2.53. The predicted octanol–water partition coefficient (Wildman–Crippen LogP) is 10.8. The topological polar surface area (TPSA) is 307 Å². The highest BCUT2D eigenvalue weighted by atomic mass is 16.8. The first kappa shape index (κ1) is 83.8. The molecule has 1 amide bonds. The lowest BCUT2D eigenvalue weighted by atomic mass is 9.96. The summed E-state index contributed by atoms with van der Waals surface area (Å²) in [7, 11) is 0. The van der Waals surface area contributed by atoms with Gasteiger partial charge in [0, 0.05) is 6.42 Å². The second-order valence-corrected chi connectivity index (χ2v) is 27.1. The number of ether oxygens (including phenoxy) is 6. The van der Waals surface area contributed by atoms with E-state index in [0.29, 0.717) is 6.42 Å². The van der Waals surface area contributed by atoms with Crippen LogP contribution < -0.4 is 5.32 Å². The molecule has 0 spiro atoms. The molecule has 19 nitrogen and oxygen atoms in total. The van der Waals surface area contributed by atoms with Crippen LogP contribution in [0.4, 0.5) is 0 Å². The van der Waals surface area contributed by atoms with Gasteiger partial charge in [-0.15, -0.1) is 0 Å². The second kappa shape index (κ2) is 54.5. The van der Waals surface area contributed by atoms with Crippen molar-refractivity contribution in [3.63, 3.8) is 0 Å². The third-order valence-electron chi connectivity index (χ3n) is 19.1. The Bertz CT molecular complexity index is 1700. The molecule has 17 unspecified atom stereocenters. The second-order valence-electron chi connectivity index (χ2n) is 27.1. The van der Waals surface area contributed by atoms with E-state index in [2.05, 4.69) is 19.2 Å². The normalized spacial score (nSPS) is 27.9. The van der Waals surface area contributed by atoms with Gasteiger partial charge in [0.15, 0.2) is 18.9 Å². The summed E-state index contributed by atoms with van der Waals surface area (Å²) in [6.45, 7) is 1.77. The number of carbonyl (C=O) groups excluding carboxylic acids is 1. The lowest BCUT2D eigenvalue weighted by molar-refractivity contribution is -0.379. The Morgan fingerprint density at radius 2 is 0.681 bits per heavy atom. The van der Waals surface area contributed by atoms with Crippen molar-refractivity contribution >= 4 is 5.91 Å². The number of nitrogens with one attached hydrogen (secondary N) is 1. The van der Waals surface area contributed by atoms with Gasteiger partial charge < -0.3 is 89.9 Å². The van der Waals surface area contributed by atoms with Crippen LogP contribution in [0.2, 0.25) is 0 Å². The Hall–Kier alpha value is -1.47. The van der Waals surface area contributed by atoms with Crippen LogP contribution in [0.3, 0.4) is 0 Å². The third-order valence-corrected chi connectivity index (χ3v) is 19.1. The van der Waals surface area contributed by atoms with Gasteiger partial charge in [0.05, 0.1) is 38.6 Å². The molecule has 12 N–H and O–H groups in total. The van der Waals surface area contributed by atoms with Crippen LogP contribution >= 0.6 is 0 Å². The number of rotatable bonds is 59. The molecule has 3 rings (SSSR count). The van der Waals surface area contributed by atoms with Crippen LogP contribution in [0.25, 0.3) is 0 Å². The summed E-state index contributed by atoms with van der Waals surface area (Å²) in [4.78, 5) is 13.4. The number of hydrogen-bond acceptors (Lipinski definition) is 18. The first-order valence-electron chi connectivity index (χ1n) is 37.4. The molecule has 0 aromatic carbocycles. The van der Waals surface area contributed by atoms with E-state index in [1.807, 2.05) is 6.08 Å². The fourth-order valence-electron chi connectivity index (χ4n) is 13.0. The number of aliphatic hydroxyl groups is 11. The Morgan fingerprint density at radius 1 is 0.385 bits per heavy atom. The third kappa shape index (κ3) is 36.1. The number of aliphatic hydroxyl groups excluding tert-OH is 11. The standard InChI is InChI=1S/C72H137NO18/c1-3-5-7-9-11-13-15-17-18-19-20-21-22-23-24-25-26-27-28-29-30-31-32-33-34-35-36-38-39-41-43-45-47-49-56(77)55(73-60(78)50-48-46-44-42-40-37-16-14-12-10-8-6-4-2)54-86-70-66(84)63(81)68(58(52-75)88-70)91-72-67(85)64(82)69(59(53-76)89-72)90-71-65(83)62(80)61(79)57(51-74)87-71/h47,49,55-59,61-72,74-77,79-85H,3-46,48,50-54H2,1-2H3,(H,73,78)/b49-47+. The molecule has 17 atom stereocenters. The van der Waals surface area contributed by atoms with Crippen LogP contribution in [-0.2, 0) is 33.2 Å². The molecule has 538 valence electrons. The number of amides is 1. The summed E-state index contributed by atoms with van der Waals surface area (Å²) in [5, 5.41) is 121. The van der Waals surface area contributed by atoms with Crippen LogP contribution in [0, 0.1) is 0 Å². The molecular weight excluding hydrogens is 1170 g/mol. The van der Waals surface area contributed by atoms with Crippen LogP contribution in [0.15, 0.2) is 12.2 Å². The Balaban J connectivity index is 1.35. The van der Waals surface area contributed by atoms with Gasteiger partial charge in [0.1, 0.15) is 73.2 Å². The molecule has 3 saturated heterocycles. The molecule has 91 heavy (non-hydrogen) atoms. The largest absolute Gasteiger partial charge is 0.394 e. The molecule has 3 aliphatic heterocycles. The lowest BCUT2D eigenvalue weighted by Crippen LogP contribution is -2.66. The van der Waals surface area contributed by atoms with E-state index in [0.717, 1.165) is 44.9 Å². The number of carbonyl (C=O) groups is 1. The van der Waals surface area contributed by atoms with Crippen molar-refractivity contribution in [1.29, 1.82) is 0 Å². The first-order chi connectivity index (χ1) is 44.3. The molecular formula is C72H137NO18. The van der Waals surface area contributed by atoms with Crippen molar-refractivity contribution < 1.29 is 89.4 Å². The quantitative estimate of drug-likeness (QED) is 0.0199. The zero-order valence-electron chi connectivity index (χ0n) is 57.1. The molecule has 0 aromatic rings. The van der Waals surface area contributed by atoms with E-state index >= 15 is 0 Å². The smallest absolute Gasteiger partial charge is 0.220 e. The molecule has 0 aromatic heterocycles. The van der Waals surface area contributed by atoms with Gasteiger partial charge >= 0.3 is 0 Å². The number of unbranched alkanes of at least 4 members (excludes halogenated alkanes) is 43. The van der Waals surface area contributed by atoms with E-state index < -0.39 is 124 Å². The van der Waals surface area contributed by atoms with Gasteiger partial charge in [-0.2, -0.15) is 0 Å². The van der Waals surface area contributed by atoms with Crippen molar-refractivity contribution in [2.24, 2.45) is 0 Å². The van der Waals surface area contributed by atoms with E-state index in [4.69, 9.17) is 28.4 Å². The number of hydrogen-bond donors (Lipinski definition) is 12. The summed E-state index contributed by atoms with van der Waals surface area (Å²) in [5.74, 6) is -0.271. The maximum Gasteiger partial charge on any atom is 0.220 e. The van der Waals surface area contributed by atoms with Gasteiger partial charge in [-0.25, -0.2) is 0 Å². The molecule has 0 radical (unpaired) electrons. The average molecular weight is 1300 g/mol. The summed E-state index contributed by atoms with van der Waals surface area (Å²) in [6.07, 6.45) is 35.1. The predicted molar refractivity (Wildman–Crippen MR) is 356 cm³/mol. The molecule has 3 heterocycles. The van der Waals surface area contributed by atoms with Crippen molar-refractivity contribution in [2.45, 2.75) is 413 Å². The molecule has 0 aliphatic carbocycles. The Morgan fingerprint density at radius 3 is 1.03 bits per heavy atom. The van der Waals surface area contributed by atoms with Gasteiger partial charge in [-0.05, 0) is 19.3 Å². The number of allylic oxidation sites excluding steroid dienone is 1. The summed E-state index contributed by atoms with van der Waals surface area (Å²) >= 11 is 0. The van der Waals surface area contributed by atoms with Crippen LogP contribution in [-0.4, -0.2) is 193 Å². The van der Waals surface area contributed by atoms with Crippen molar-refractivity contribution in [3.05, 3.63) is 12.2 Å². The van der Waals surface area contributed by atoms with Gasteiger partial charge in [-0.1, -0.05) is 296 Å². The molecule has 19 heteroatoms. The Kier molecular flexibility index (Phi) is 50.2. The van der Waals surface area contributed by atoms with E-state index in [9.17, 15) is 61.0 Å². The molecule has 3 aliphatic rings. The SMILES string of the molecule is CCCCCCCCCCCCCCCCCCCCCCCCCCCCCCCCC/C=C/C(O)C(COC1OC(CO)C(OC2OC(CO)C(OC3OC(CO)C(O)C(O)C3O)C(O)C2O)C(O)C1O)NC(=O)CCCCCCCCCCCCCCC. The summed E-state index contributed by atoms with van der Waals surface area (Å²) < 4.78 is 34.4. The summed E-state index contributed by atoms with van der Waals surface area (Å²) in [5.41, 5.74) is 0. The fourth-order valence-corrected chi connectivity index (χ4v) is 13.0. The molecule has 3 fully saturated rings. The van der Waals surface area contributed by atoms with Gasteiger partial charge in [0.25, 0.3) is 0 Å². The zero-order valence-corrected chi connectivity index (χ0v) is 57.1. The minimum absolute atomic E-state index is 0.249. The van der Waals surface area contributed by atoms with E-state index in [1.165, 1.54) is 238 Å². The monoisotopic (exact) mass is 1300 g/mol. The lowest BCUT2D eigenvalue weighted by Gasteiger charge is -2.48. The zero-order chi connectivity index (χ0) is 66.1.